The fourth-order valence-electron chi connectivity index (χ4n) is 3.25. The molecule has 2 atom stereocenters. The molecule has 0 spiro atoms. The molecular weight excluding hydrogens is 374 g/mol. The van der Waals surface area contributed by atoms with E-state index >= 15 is 0 Å². The molecule has 1 unspecified atom stereocenters. The minimum atomic E-state index is -0.960. The number of carbonyl (C=O) groups excluding carboxylic acids is 1. The summed E-state index contributed by atoms with van der Waals surface area (Å²) in [5, 5.41) is 9.68. The summed E-state index contributed by atoms with van der Waals surface area (Å²) in [4.78, 5) is 25.8. The summed E-state index contributed by atoms with van der Waals surface area (Å²) in [5.41, 5.74) is 2.71. The highest BCUT2D eigenvalue weighted by Crippen LogP contribution is 2.39. The number of carbonyl (C=O) groups is 2. The Bertz CT molecular complexity index is 777. The number of anilines is 1. The van der Waals surface area contributed by atoms with Gasteiger partial charge in [-0.25, -0.2) is 0 Å². The van der Waals surface area contributed by atoms with Crippen molar-refractivity contribution in [3.05, 3.63) is 64.7 Å². The fraction of sp³-hybridized carbons (Fsp3) is 0.391. The fourth-order valence-corrected chi connectivity index (χ4v) is 3.42. The number of hydrogen-bond acceptors (Lipinski definition) is 2. The molecule has 4 nitrogen and oxygen atoms in total. The molecule has 0 radical (unpaired) electrons. The van der Waals surface area contributed by atoms with Gasteiger partial charge < -0.3 is 10.0 Å². The first kappa shape index (κ1) is 23.7. The lowest BCUT2D eigenvalue weighted by molar-refractivity contribution is -0.140. The molecule has 0 saturated carbocycles. The first-order chi connectivity index (χ1) is 13.5. The van der Waals surface area contributed by atoms with Crippen molar-refractivity contribution >= 4 is 29.2 Å². The molecule has 3 rings (SSSR count). The van der Waals surface area contributed by atoms with E-state index in [0.29, 0.717) is 11.4 Å². The second-order valence-electron chi connectivity index (χ2n) is 6.07. The molecule has 1 amide bonds. The van der Waals surface area contributed by atoms with Crippen LogP contribution in [-0.4, -0.2) is 17.0 Å². The van der Waals surface area contributed by atoms with E-state index < -0.39 is 11.9 Å². The van der Waals surface area contributed by atoms with Crippen molar-refractivity contribution in [2.45, 2.75) is 53.5 Å². The first-order valence-corrected chi connectivity index (χ1v) is 10.2. The molecule has 2 aromatic rings. The molecule has 0 aliphatic carbocycles. The predicted octanol–water partition coefficient (Wildman–Crippen LogP) is 6.13. The summed E-state index contributed by atoms with van der Waals surface area (Å²) in [6.07, 6.45) is 0.258. The van der Waals surface area contributed by atoms with Crippen molar-refractivity contribution in [2.24, 2.45) is 5.92 Å². The summed E-state index contributed by atoms with van der Waals surface area (Å²) < 4.78 is 0. The van der Waals surface area contributed by atoms with E-state index in [0.717, 1.165) is 16.8 Å². The third-order valence-corrected chi connectivity index (χ3v) is 4.69. The van der Waals surface area contributed by atoms with Gasteiger partial charge in [-0.2, -0.15) is 0 Å². The van der Waals surface area contributed by atoms with Crippen molar-refractivity contribution in [1.82, 2.24) is 0 Å². The van der Waals surface area contributed by atoms with Crippen LogP contribution in [0.15, 0.2) is 48.5 Å². The summed E-state index contributed by atoms with van der Waals surface area (Å²) in [6, 6.07) is 14.9. The van der Waals surface area contributed by atoms with Gasteiger partial charge in [0.1, 0.15) is 0 Å². The number of nitrogens with zero attached hydrogens (tertiary/aromatic N) is 1. The predicted molar refractivity (Wildman–Crippen MR) is 116 cm³/mol. The topological polar surface area (TPSA) is 57.6 Å². The Hall–Kier alpha value is -2.33. The molecule has 0 aromatic heterocycles. The van der Waals surface area contributed by atoms with Gasteiger partial charge >= 0.3 is 5.97 Å². The molecule has 0 saturated heterocycles. The Morgan fingerprint density at radius 1 is 1.14 bits per heavy atom. The molecule has 152 valence electrons. The maximum absolute atomic E-state index is 13.0. The van der Waals surface area contributed by atoms with Crippen molar-refractivity contribution < 1.29 is 14.7 Å². The maximum Gasteiger partial charge on any atom is 0.304 e. The van der Waals surface area contributed by atoms with E-state index in [2.05, 4.69) is 0 Å². The summed E-state index contributed by atoms with van der Waals surface area (Å²) in [7, 11) is 0. The van der Waals surface area contributed by atoms with Crippen molar-refractivity contribution in [3.8, 4) is 0 Å². The highest BCUT2D eigenvalue weighted by Gasteiger charge is 2.37. The van der Waals surface area contributed by atoms with Crippen LogP contribution in [0.4, 0.5) is 5.69 Å². The van der Waals surface area contributed by atoms with Gasteiger partial charge in [-0.3, -0.25) is 9.59 Å². The SMILES string of the molecule is CC.CC.C[C@@H](c1ccccc1)N1C(=O)C(CC(=O)O)Cc2ccc(Cl)cc21. The smallest absolute Gasteiger partial charge is 0.304 e. The van der Waals surface area contributed by atoms with Crippen LogP contribution < -0.4 is 4.90 Å². The number of amides is 1. The number of aliphatic carboxylic acids is 1. The van der Waals surface area contributed by atoms with E-state index in [9.17, 15) is 9.59 Å². The van der Waals surface area contributed by atoms with Gasteiger partial charge in [0.25, 0.3) is 0 Å². The van der Waals surface area contributed by atoms with Gasteiger partial charge in [0.05, 0.1) is 18.4 Å². The number of carboxylic acid groups (broad SMARTS) is 1. The van der Waals surface area contributed by atoms with Crippen LogP contribution in [0.2, 0.25) is 5.02 Å². The van der Waals surface area contributed by atoms with E-state index in [-0.39, 0.29) is 18.4 Å². The lowest BCUT2D eigenvalue weighted by atomic mass is 9.87. The minimum Gasteiger partial charge on any atom is -0.481 e. The Kier molecular flexibility index (Phi) is 9.74. The van der Waals surface area contributed by atoms with Gasteiger partial charge in [-0.15, -0.1) is 0 Å². The van der Waals surface area contributed by atoms with Gasteiger partial charge in [0, 0.05) is 10.7 Å². The average molecular weight is 404 g/mol. The largest absolute Gasteiger partial charge is 0.481 e. The summed E-state index contributed by atoms with van der Waals surface area (Å²) in [5.74, 6) is -1.68. The maximum atomic E-state index is 13.0. The molecule has 1 heterocycles. The summed E-state index contributed by atoms with van der Waals surface area (Å²) in [6.45, 7) is 9.95. The second kappa shape index (κ2) is 11.5. The monoisotopic (exact) mass is 403 g/mol. The van der Waals surface area contributed by atoms with Crippen LogP contribution in [-0.2, 0) is 16.0 Å². The zero-order chi connectivity index (χ0) is 21.3. The van der Waals surface area contributed by atoms with E-state index in [4.69, 9.17) is 16.7 Å². The zero-order valence-corrected chi connectivity index (χ0v) is 18.0. The molecule has 28 heavy (non-hydrogen) atoms. The normalized spacial score (nSPS) is 16.0. The number of rotatable bonds is 4. The lowest BCUT2D eigenvalue weighted by Crippen LogP contribution is -2.43. The summed E-state index contributed by atoms with van der Waals surface area (Å²) >= 11 is 6.13. The molecule has 2 aromatic carbocycles. The third-order valence-electron chi connectivity index (χ3n) is 4.45. The van der Waals surface area contributed by atoms with Gasteiger partial charge in [-0.05, 0) is 36.6 Å². The second-order valence-corrected chi connectivity index (χ2v) is 6.50. The Labute approximate surface area is 173 Å². The number of benzene rings is 2. The number of carboxylic acids is 1. The zero-order valence-electron chi connectivity index (χ0n) is 17.3. The van der Waals surface area contributed by atoms with Crippen molar-refractivity contribution in [1.29, 1.82) is 0 Å². The van der Waals surface area contributed by atoms with Gasteiger partial charge in [0.15, 0.2) is 0 Å². The molecule has 0 bridgehead atoms. The molecule has 0 fully saturated rings. The highest BCUT2D eigenvalue weighted by molar-refractivity contribution is 6.31. The molecule has 1 N–H and O–H groups in total. The Balaban J connectivity index is 0.000000921. The molecule has 1 aliphatic heterocycles. The molecule has 1 aliphatic rings. The minimum absolute atomic E-state index is 0.163. The van der Waals surface area contributed by atoms with Crippen LogP contribution in [0.1, 0.15) is 58.2 Å². The molecule has 5 heteroatoms. The van der Waals surface area contributed by atoms with Gasteiger partial charge in [-0.1, -0.05) is 75.7 Å². The number of fused-ring (bicyclic) bond motifs is 1. The Morgan fingerprint density at radius 3 is 2.32 bits per heavy atom. The van der Waals surface area contributed by atoms with Crippen LogP contribution in [0, 0.1) is 5.92 Å². The van der Waals surface area contributed by atoms with Gasteiger partial charge in [0.2, 0.25) is 5.91 Å². The third kappa shape index (κ3) is 5.59. The van der Waals surface area contributed by atoms with Crippen molar-refractivity contribution in [2.75, 3.05) is 4.90 Å². The van der Waals surface area contributed by atoms with Crippen LogP contribution in [0.3, 0.4) is 0 Å². The molecular formula is C23H30ClNO3. The lowest BCUT2D eigenvalue weighted by Gasteiger charge is -2.38. The number of hydrogen-bond donors (Lipinski definition) is 1. The van der Waals surface area contributed by atoms with E-state index in [1.807, 2.05) is 71.0 Å². The first-order valence-electron chi connectivity index (χ1n) is 9.85. The van der Waals surface area contributed by atoms with Crippen LogP contribution in [0.5, 0.6) is 0 Å². The standard InChI is InChI=1S/C19H18ClNO3.2C2H6/c1-12(13-5-3-2-4-6-13)21-17-11-16(20)8-7-14(17)9-15(19(21)24)10-18(22)23;2*1-2/h2-8,11-12,15H,9-10H2,1H3,(H,22,23);2*1-2H3/t12-,15?;;/m0../s1. The van der Waals surface area contributed by atoms with E-state index in [1.54, 1.807) is 17.0 Å². The number of halogens is 1. The quantitative estimate of drug-likeness (QED) is 0.667. The van der Waals surface area contributed by atoms with Crippen molar-refractivity contribution in [3.63, 3.8) is 0 Å². The van der Waals surface area contributed by atoms with E-state index in [1.165, 1.54) is 0 Å². The highest BCUT2D eigenvalue weighted by atomic mass is 35.5. The van der Waals surface area contributed by atoms with Crippen LogP contribution >= 0.6 is 11.6 Å². The van der Waals surface area contributed by atoms with Crippen LogP contribution in [0.25, 0.3) is 0 Å². The average Bonchev–Trinajstić information content (AvgIpc) is 2.72. The Morgan fingerprint density at radius 2 is 1.75 bits per heavy atom.